The van der Waals surface area contributed by atoms with E-state index < -0.39 is 49.5 Å². The van der Waals surface area contributed by atoms with Gasteiger partial charge < -0.3 is 45.1 Å². The summed E-state index contributed by atoms with van der Waals surface area (Å²) >= 11 is 0. The van der Waals surface area contributed by atoms with Gasteiger partial charge in [0.15, 0.2) is 6.29 Å². The standard InChI is InChI=1S/C55H97NO10/c1-3-5-7-9-11-13-14-15-20-23-27-31-35-39-43-51(60)64-44-40-36-32-28-24-21-18-16-17-19-22-26-30-34-38-42-50(59)56-47(48(58)41-37-33-29-25-12-10-8-6-4-2)46-65-55-54(63)53(62)52(61)49(45-57)66-55/h9,11,14-16,18,21,24,37,41,47-49,52-55,57-58,61-63H,3-8,10,12-13,17,19-20,22-23,25-36,38-40,42-46H2,1-2H3,(H,56,59)/b11-9-,15-14-,18-16-,24-21-,41-37+. The van der Waals surface area contributed by atoms with Gasteiger partial charge in [0, 0.05) is 12.8 Å². The lowest BCUT2D eigenvalue weighted by Crippen LogP contribution is -2.60. The summed E-state index contributed by atoms with van der Waals surface area (Å²) in [6.45, 7) is 4.17. The van der Waals surface area contributed by atoms with Crippen LogP contribution in [0.1, 0.15) is 213 Å². The fourth-order valence-electron chi connectivity index (χ4n) is 7.79. The van der Waals surface area contributed by atoms with Crippen LogP contribution in [0.25, 0.3) is 0 Å². The fourth-order valence-corrected chi connectivity index (χ4v) is 7.79. The van der Waals surface area contributed by atoms with E-state index in [1.165, 1.54) is 70.6 Å². The zero-order valence-electron chi connectivity index (χ0n) is 41.6. The number of allylic oxidation sites excluding steroid dienone is 9. The zero-order valence-corrected chi connectivity index (χ0v) is 41.6. The minimum Gasteiger partial charge on any atom is -0.466 e. The first-order chi connectivity index (χ1) is 32.2. The molecule has 1 heterocycles. The number of unbranched alkanes of at least 4 members (excludes halogenated alkanes) is 23. The molecule has 66 heavy (non-hydrogen) atoms. The van der Waals surface area contributed by atoms with Crippen LogP contribution in [-0.2, 0) is 23.8 Å². The number of aliphatic hydroxyl groups excluding tert-OH is 5. The monoisotopic (exact) mass is 932 g/mol. The molecule has 0 aromatic carbocycles. The van der Waals surface area contributed by atoms with Crippen molar-refractivity contribution in [3.8, 4) is 0 Å². The summed E-state index contributed by atoms with van der Waals surface area (Å²) < 4.78 is 16.6. The van der Waals surface area contributed by atoms with Gasteiger partial charge in [0.25, 0.3) is 0 Å². The topological polar surface area (TPSA) is 175 Å². The number of rotatable bonds is 44. The average molecular weight is 932 g/mol. The van der Waals surface area contributed by atoms with E-state index in [4.69, 9.17) is 14.2 Å². The Kier molecular flexibility index (Phi) is 41.7. The third-order valence-corrected chi connectivity index (χ3v) is 12.1. The van der Waals surface area contributed by atoms with Crippen molar-refractivity contribution in [1.29, 1.82) is 0 Å². The van der Waals surface area contributed by atoms with Crippen LogP contribution in [0.3, 0.4) is 0 Å². The van der Waals surface area contributed by atoms with Crippen LogP contribution in [0, 0.1) is 0 Å². The predicted octanol–water partition coefficient (Wildman–Crippen LogP) is 11.1. The minimum atomic E-state index is -1.58. The lowest BCUT2D eigenvalue weighted by Gasteiger charge is -2.40. The molecule has 11 nitrogen and oxygen atoms in total. The molecule has 1 fully saturated rings. The summed E-state index contributed by atoms with van der Waals surface area (Å²) in [5, 5.41) is 54.1. The summed E-state index contributed by atoms with van der Waals surface area (Å²) in [5.41, 5.74) is 0. The van der Waals surface area contributed by atoms with Crippen LogP contribution in [0.5, 0.6) is 0 Å². The second kappa shape index (κ2) is 44.8. The van der Waals surface area contributed by atoms with Gasteiger partial charge in [-0.2, -0.15) is 0 Å². The Morgan fingerprint density at radius 1 is 0.576 bits per heavy atom. The van der Waals surface area contributed by atoms with Crippen molar-refractivity contribution in [3.05, 3.63) is 60.8 Å². The number of esters is 1. The molecule has 11 heteroatoms. The molecule has 1 rings (SSSR count). The molecule has 0 aromatic rings. The molecule has 0 bridgehead atoms. The summed E-state index contributed by atoms with van der Waals surface area (Å²) in [7, 11) is 0. The summed E-state index contributed by atoms with van der Waals surface area (Å²) in [6, 6.07) is -0.827. The molecule has 1 saturated heterocycles. The van der Waals surface area contributed by atoms with Crippen molar-refractivity contribution in [1.82, 2.24) is 5.32 Å². The third-order valence-electron chi connectivity index (χ3n) is 12.1. The molecule has 6 N–H and O–H groups in total. The normalized spacial score (nSPS) is 20.1. The van der Waals surface area contributed by atoms with Gasteiger partial charge in [-0.3, -0.25) is 9.59 Å². The van der Waals surface area contributed by atoms with Crippen molar-refractivity contribution >= 4 is 11.9 Å². The number of hydrogen-bond donors (Lipinski definition) is 6. The van der Waals surface area contributed by atoms with E-state index >= 15 is 0 Å². The Morgan fingerprint density at radius 3 is 1.67 bits per heavy atom. The van der Waals surface area contributed by atoms with Crippen LogP contribution in [0.15, 0.2) is 60.8 Å². The predicted molar refractivity (Wildman–Crippen MR) is 269 cm³/mol. The Labute approximate surface area is 401 Å². The summed E-state index contributed by atoms with van der Waals surface area (Å²) in [6.07, 6.45) is 45.9. The Hall–Kier alpha value is -2.64. The van der Waals surface area contributed by atoms with E-state index in [2.05, 4.69) is 67.8 Å². The molecule has 7 atom stereocenters. The molecule has 0 spiro atoms. The first kappa shape index (κ1) is 61.4. The number of aliphatic hydroxyl groups is 5. The second-order valence-corrected chi connectivity index (χ2v) is 18.2. The van der Waals surface area contributed by atoms with Crippen molar-refractivity contribution in [3.63, 3.8) is 0 Å². The molecule has 382 valence electrons. The SMILES string of the molecule is CCCC/C=C\C/C=C\CCCCCCCC(=O)OCCCCC/C=C\C=C/CCCCCCCCC(=O)NC(COC1OC(CO)C(O)C(O)C1O)C(O)/C=C/CCCCCCCCC. The second-order valence-electron chi connectivity index (χ2n) is 18.2. The highest BCUT2D eigenvalue weighted by molar-refractivity contribution is 5.76. The number of carbonyl (C=O) groups is 2. The quantitative estimate of drug-likeness (QED) is 0.0149. The van der Waals surface area contributed by atoms with Gasteiger partial charge in [-0.05, 0) is 89.9 Å². The molecule has 0 aromatic heterocycles. The third kappa shape index (κ3) is 34.6. The van der Waals surface area contributed by atoms with Crippen LogP contribution in [0.2, 0.25) is 0 Å². The van der Waals surface area contributed by atoms with Crippen molar-refractivity contribution < 1.29 is 49.3 Å². The Bertz CT molecular complexity index is 1280. The Morgan fingerprint density at radius 2 is 1.08 bits per heavy atom. The molecule has 1 aliphatic rings. The first-order valence-electron chi connectivity index (χ1n) is 26.6. The van der Waals surface area contributed by atoms with Gasteiger partial charge in [-0.1, -0.05) is 171 Å². The van der Waals surface area contributed by atoms with Crippen LogP contribution >= 0.6 is 0 Å². The highest BCUT2D eigenvalue weighted by Crippen LogP contribution is 2.22. The van der Waals surface area contributed by atoms with Crippen molar-refractivity contribution in [2.75, 3.05) is 19.8 Å². The van der Waals surface area contributed by atoms with Crippen molar-refractivity contribution in [2.24, 2.45) is 0 Å². The minimum absolute atomic E-state index is 0.0570. The van der Waals surface area contributed by atoms with Crippen molar-refractivity contribution in [2.45, 2.75) is 256 Å². The lowest BCUT2D eigenvalue weighted by atomic mass is 9.99. The Balaban J connectivity index is 2.14. The van der Waals surface area contributed by atoms with Gasteiger partial charge >= 0.3 is 5.97 Å². The number of ether oxygens (including phenoxy) is 3. The maximum atomic E-state index is 13.0. The summed E-state index contributed by atoms with van der Waals surface area (Å²) in [5.74, 6) is -0.266. The van der Waals surface area contributed by atoms with Gasteiger partial charge in [0.05, 0.1) is 32.0 Å². The number of amides is 1. The molecular weight excluding hydrogens is 835 g/mol. The summed E-state index contributed by atoms with van der Waals surface area (Å²) in [4.78, 5) is 25.0. The molecule has 1 amide bonds. The highest BCUT2D eigenvalue weighted by Gasteiger charge is 2.44. The smallest absolute Gasteiger partial charge is 0.305 e. The fraction of sp³-hybridized carbons (Fsp3) is 0.782. The molecule has 7 unspecified atom stereocenters. The number of carbonyl (C=O) groups excluding carboxylic acids is 2. The maximum absolute atomic E-state index is 13.0. The van der Waals surface area contributed by atoms with E-state index in [0.717, 1.165) is 116 Å². The van der Waals surface area contributed by atoms with Crippen LogP contribution in [-0.4, -0.2) is 100 Å². The zero-order chi connectivity index (χ0) is 48.1. The molecule has 0 aliphatic carbocycles. The molecular formula is C55H97NO10. The average Bonchev–Trinajstić information content (AvgIpc) is 3.31. The van der Waals surface area contributed by atoms with E-state index in [9.17, 15) is 35.1 Å². The van der Waals surface area contributed by atoms with Crippen LogP contribution < -0.4 is 5.32 Å². The van der Waals surface area contributed by atoms with Gasteiger partial charge in [0.2, 0.25) is 5.91 Å². The van der Waals surface area contributed by atoms with Gasteiger partial charge in [0.1, 0.15) is 24.4 Å². The van der Waals surface area contributed by atoms with E-state index in [1.807, 2.05) is 6.08 Å². The largest absolute Gasteiger partial charge is 0.466 e. The van der Waals surface area contributed by atoms with E-state index in [-0.39, 0.29) is 18.5 Å². The lowest BCUT2D eigenvalue weighted by molar-refractivity contribution is -0.302. The highest BCUT2D eigenvalue weighted by atomic mass is 16.7. The molecule has 0 saturated carbocycles. The van der Waals surface area contributed by atoms with Crippen LogP contribution in [0.4, 0.5) is 0 Å². The maximum Gasteiger partial charge on any atom is 0.305 e. The molecule has 0 radical (unpaired) electrons. The first-order valence-corrected chi connectivity index (χ1v) is 26.6. The van der Waals surface area contributed by atoms with Gasteiger partial charge in [-0.25, -0.2) is 0 Å². The van der Waals surface area contributed by atoms with E-state index in [1.54, 1.807) is 6.08 Å². The number of hydrogen-bond acceptors (Lipinski definition) is 10. The van der Waals surface area contributed by atoms with Gasteiger partial charge in [-0.15, -0.1) is 0 Å². The van der Waals surface area contributed by atoms with E-state index in [0.29, 0.717) is 19.4 Å². The number of nitrogens with one attached hydrogen (secondary N) is 1. The molecule has 1 aliphatic heterocycles.